The van der Waals surface area contributed by atoms with Crippen LogP contribution in [0.2, 0.25) is 0 Å². The summed E-state index contributed by atoms with van der Waals surface area (Å²) in [7, 11) is 0. The second-order valence-corrected chi connectivity index (χ2v) is 6.93. The first-order valence-corrected chi connectivity index (χ1v) is 9.30. The Morgan fingerprint density at radius 3 is 2.70 bits per heavy atom. The van der Waals surface area contributed by atoms with Gasteiger partial charge in [-0.2, -0.15) is 0 Å². The molecule has 2 heterocycles. The highest BCUT2D eigenvalue weighted by atomic mass is 16.6. The molecule has 2 aliphatic heterocycles. The molecule has 8 heteroatoms. The molecule has 0 radical (unpaired) electrons. The summed E-state index contributed by atoms with van der Waals surface area (Å²) in [5.41, 5.74) is 8.62. The van der Waals surface area contributed by atoms with Crippen LogP contribution < -0.4 is 16.0 Å². The molecule has 0 bridgehead atoms. The summed E-state index contributed by atoms with van der Waals surface area (Å²) in [4.78, 5) is 38.5. The fraction of sp³-hybridized carbons (Fsp3) is 0.526. The third kappa shape index (κ3) is 4.57. The number of cyclic esters (lactones) is 1. The monoisotopic (exact) mass is 374 g/mol. The molecule has 1 atom stereocenters. The van der Waals surface area contributed by atoms with Gasteiger partial charge in [0.25, 0.3) is 0 Å². The number of nitrogens with two attached hydrogens (primary N) is 1. The summed E-state index contributed by atoms with van der Waals surface area (Å²) in [6.45, 7) is 3.74. The van der Waals surface area contributed by atoms with E-state index in [9.17, 15) is 14.4 Å². The third-order valence-electron chi connectivity index (χ3n) is 5.05. The van der Waals surface area contributed by atoms with E-state index in [1.807, 2.05) is 18.2 Å². The zero-order chi connectivity index (χ0) is 19.4. The summed E-state index contributed by atoms with van der Waals surface area (Å²) in [5, 5.41) is 2.72. The summed E-state index contributed by atoms with van der Waals surface area (Å²) in [6.07, 6.45) is 1.51. The molecule has 2 aliphatic rings. The minimum Gasteiger partial charge on any atom is -0.444 e. The number of carbonyl (C=O) groups excluding carboxylic acids is 3. The number of rotatable bonds is 5. The van der Waals surface area contributed by atoms with Crippen molar-refractivity contribution in [3.05, 3.63) is 29.3 Å². The average Bonchev–Trinajstić information content (AvgIpc) is 2.88. The Kier molecular flexibility index (Phi) is 5.95. The first-order valence-electron chi connectivity index (χ1n) is 9.30. The van der Waals surface area contributed by atoms with Crippen molar-refractivity contribution in [1.29, 1.82) is 0 Å². The predicted octanol–water partition coefficient (Wildman–Crippen LogP) is 0.424. The van der Waals surface area contributed by atoms with E-state index in [4.69, 9.17) is 10.5 Å². The fourth-order valence-electron chi connectivity index (χ4n) is 3.55. The Morgan fingerprint density at radius 1 is 1.26 bits per heavy atom. The number of benzene rings is 1. The number of anilines is 1. The number of hydrogen-bond acceptors (Lipinski definition) is 5. The van der Waals surface area contributed by atoms with Gasteiger partial charge < -0.3 is 20.7 Å². The average molecular weight is 374 g/mol. The van der Waals surface area contributed by atoms with E-state index < -0.39 is 0 Å². The minimum atomic E-state index is -0.365. The van der Waals surface area contributed by atoms with Gasteiger partial charge in [0.05, 0.1) is 13.1 Å². The van der Waals surface area contributed by atoms with Crippen LogP contribution in [0.15, 0.2) is 18.2 Å². The second kappa shape index (κ2) is 8.39. The van der Waals surface area contributed by atoms with Crippen molar-refractivity contribution in [3.8, 4) is 0 Å². The highest BCUT2D eigenvalue weighted by Gasteiger charge is 2.32. The summed E-state index contributed by atoms with van der Waals surface area (Å²) in [5.74, 6) is -0.128. The molecule has 3 amide bonds. The first kappa shape index (κ1) is 19.2. The zero-order valence-corrected chi connectivity index (χ0v) is 15.6. The number of hydrogen-bond donors (Lipinski definition) is 2. The lowest BCUT2D eigenvalue weighted by Crippen LogP contribution is -2.37. The van der Waals surface area contributed by atoms with Gasteiger partial charge in [0.2, 0.25) is 11.8 Å². The number of amides is 3. The van der Waals surface area contributed by atoms with Crippen LogP contribution in [0.3, 0.4) is 0 Å². The van der Waals surface area contributed by atoms with Gasteiger partial charge in [0.15, 0.2) is 0 Å². The molecule has 0 aromatic heterocycles. The fourth-order valence-corrected chi connectivity index (χ4v) is 3.55. The molecular weight excluding hydrogens is 348 g/mol. The summed E-state index contributed by atoms with van der Waals surface area (Å²) < 4.78 is 5.41. The molecule has 27 heavy (non-hydrogen) atoms. The number of nitrogens with zero attached hydrogens (tertiary/aromatic N) is 2. The van der Waals surface area contributed by atoms with E-state index in [0.29, 0.717) is 32.6 Å². The Balaban J connectivity index is 1.65. The maximum absolute atomic E-state index is 12.2. The Labute approximate surface area is 158 Å². The maximum atomic E-state index is 12.2. The highest BCUT2D eigenvalue weighted by molar-refractivity contribution is 5.90. The third-order valence-corrected chi connectivity index (χ3v) is 5.05. The zero-order valence-electron chi connectivity index (χ0n) is 15.6. The molecular formula is C19H26N4O4. The molecule has 1 aromatic rings. The standard InChI is InChI=1S/C19H26N4O4/c1-13(24)21-7-4-17-12-23(19(26)27-17)16-3-2-14-5-8-22(18(25)11-20)9-6-15(14)10-16/h2-3,10,17H,4-9,11-12,20H2,1H3,(H,21,24)/t17-/m0/s1. The van der Waals surface area contributed by atoms with Crippen molar-refractivity contribution in [2.24, 2.45) is 5.73 Å². The molecule has 1 aromatic carbocycles. The maximum Gasteiger partial charge on any atom is 0.414 e. The van der Waals surface area contributed by atoms with Gasteiger partial charge in [0, 0.05) is 38.7 Å². The van der Waals surface area contributed by atoms with Crippen molar-refractivity contribution in [2.45, 2.75) is 32.3 Å². The van der Waals surface area contributed by atoms with Crippen LogP contribution in [-0.2, 0) is 27.2 Å². The van der Waals surface area contributed by atoms with Gasteiger partial charge >= 0.3 is 6.09 Å². The van der Waals surface area contributed by atoms with Crippen LogP contribution >= 0.6 is 0 Å². The quantitative estimate of drug-likeness (QED) is 0.777. The molecule has 0 saturated carbocycles. The smallest absolute Gasteiger partial charge is 0.414 e. The Morgan fingerprint density at radius 2 is 2.00 bits per heavy atom. The van der Waals surface area contributed by atoms with Crippen LogP contribution in [0.1, 0.15) is 24.5 Å². The predicted molar refractivity (Wildman–Crippen MR) is 100 cm³/mol. The van der Waals surface area contributed by atoms with Gasteiger partial charge in [0.1, 0.15) is 6.10 Å². The lowest BCUT2D eigenvalue weighted by Gasteiger charge is -2.18. The number of ether oxygens (including phenoxy) is 1. The molecule has 0 aliphatic carbocycles. The molecule has 3 N–H and O–H groups in total. The second-order valence-electron chi connectivity index (χ2n) is 6.93. The van der Waals surface area contributed by atoms with Crippen molar-refractivity contribution < 1.29 is 19.1 Å². The highest BCUT2D eigenvalue weighted by Crippen LogP contribution is 2.27. The number of carbonyl (C=O) groups is 3. The van der Waals surface area contributed by atoms with E-state index in [2.05, 4.69) is 5.32 Å². The van der Waals surface area contributed by atoms with E-state index in [1.165, 1.54) is 12.5 Å². The molecule has 0 spiro atoms. The molecule has 146 valence electrons. The SMILES string of the molecule is CC(=O)NCC[C@H]1CN(c2ccc3c(c2)CCN(C(=O)CN)CC3)C(=O)O1. The van der Waals surface area contributed by atoms with Crippen molar-refractivity contribution in [3.63, 3.8) is 0 Å². The minimum absolute atomic E-state index is 0.0289. The van der Waals surface area contributed by atoms with Crippen LogP contribution in [0.5, 0.6) is 0 Å². The van der Waals surface area contributed by atoms with Crippen LogP contribution in [0, 0.1) is 0 Å². The van der Waals surface area contributed by atoms with Gasteiger partial charge in [-0.05, 0) is 36.1 Å². The molecule has 8 nitrogen and oxygen atoms in total. The largest absolute Gasteiger partial charge is 0.444 e. The molecule has 0 unspecified atom stereocenters. The van der Waals surface area contributed by atoms with Crippen molar-refractivity contribution >= 4 is 23.6 Å². The first-order chi connectivity index (χ1) is 13.0. The molecule has 3 rings (SSSR count). The Hall–Kier alpha value is -2.61. The van der Waals surface area contributed by atoms with Crippen LogP contribution in [0.4, 0.5) is 10.5 Å². The van der Waals surface area contributed by atoms with Crippen molar-refractivity contribution in [1.82, 2.24) is 10.2 Å². The lowest BCUT2D eigenvalue weighted by molar-refractivity contribution is -0.129. The number of nitrogens with one attached hydrogen (secondary N) is 1. The topological polar surface area (TPSA) is 105 Å². The van der Waals surface area contributed by atoms with E-state index in [-0.39, 0.29) is 30.6 Å². The van der Waals surface area contributed by atoms with Crippen LogP contribution in [0.25, 0.3) is 0 Å². The van der Waals surface area contributed by atoms with Crippen LogP contribution in [-0.4, -0.2) is 61.6 Å². The Bertz CT molecular complexity index is 736. The summed E-state index contributed by atoms with van der Waals surface area (Å²) >= 11 is 0. The van der Waals surface area contributed by atoms with Gasteiger partial charge in [-0.15, -0.1) is 0 Å². The molecule has 1 fully saturated rings. The van der Waals surface area contributed by atoms with Crippen molar-refractivity contribution in [2.75, 3.05) is 37.6 Å². The van der Waals surface area contributed by atoms with Gasteiger partial charge in [-0.25, -0.2) is 4.79 Å². The molecule has 1 saturated heterocycles. The number of fused-ring (bicyclic) bond motifs is 1. The summed E-state index contributed by atoms with van der Waals surface area (Å²) in [6, 6.07) is 5.97. The van der Waals surface area contributed by atoms with Gasteiger partial charge in [-0.1, -0.05) is 6.07 Å². The van der Waals surface area contributed by atoms with E-state index in [1.54, 1.807) is 9.80 Å². The lowest BCUT2D eigenvalue weighted by atomic mass is 10.0. The normalized spacial score (nSPS) is 19.3. The van der Waals surface area contributed by atoms with E-state index in [0.717, 1.165) is 24.1 Å². The van der Waals surface area contributed by atoms with E-state index >= 15 is 0 Å². The van der Waals surface area contributed by atoms with Gasteiger partial charge in [-0.3, -0.25) is 14.5 Å².